The summed E-state index contributed by atoms with van der Waals surface area (Å²) in [5, 5.41) is 0.623. The zero-order chi connectivity index (χ0) is 13.9. The molecule has 0 spiro atoms. The van der Waals surface area contributed by atoms with Gasteiger partial charge in [0.2, 0.25) is 0 Å². The van der Waals surface area contributed by atoms with Gasteiger partial charge in [-0.1, -0.05) is 38.8 Å². The largest absolute Gasteiger partial charge is 0.356 e. The molecule has 1 saturated heterocycles. The molecule has 1 aliphatic rings. The first kappa shape index (κ1) is 14.6. The summed E-state index contributed by atoms with van der Waals surface area (Å²) in [6.07, 6.45) is 7.35. The highest BCUT2D eigenvalue weighted by molar-refractivity contribution is 6.30. The van der Waals surface area contributed by atoms with E-state index in [4.69, 9.17) is 11.6 Å². The van der Waals surface area contributed by atoms with Crippen LogP contribution in [0.5, 0.6) is 0 Å². The van der Waals surface area contributed by atoms with Crippen molar-refractivity contribution < 1.29 is 0 Å². The molecule has 0 unspecified atom stereocenters. The van der Waals surface area contributed by atoms with Gasteiger partial charge in [0.15, 0.2) is 0 Å². The minimum absolute atomic E-state index is 0.459. The van der Waals surface area contributed by atoms with E-state index >= 15 is 0 Å². The van der Waals surface area contributed by atoms with Crippen LogP contribution in [0.3, 0.4) is 0 Å². The maximum Gasteiger partial charge on any atom is 0.137 e. The predicted octanol–water partition coefficient (Wildman–Crippen LogP) is 4.10. The van der Waals surface area contributed by atoms with E-state index in [1.165, 1.54) is 19.3 Å². The van der Waals surface area contributed by atoms with E-state index in [0.717, 1.165) is 37.3 Å². The molecule has 106 valence electrons. The van der Waals surface area contributed by atoms with Crippen LogP contribution in [-0.4, -0.2) is 23.1 Å². The second-order valence-electron chi connectivity index (χ2n) is 5.60. The van der Waals surface area contributed by atoms with Crippen LogP contribution >= 0.6 is 11.6 Å². The number of rotatable bonds is 5. The third-order valence-electron chi connectivity index (χ3n) is 4.61. The van der Waals surface area contributed by atoms with Crippen LogP contribution in [0.25, 0.3) is 0 Å². The van der Waals surface area contributed by atoms with E-state index in [0.29, 0.717) is 10.6 Å². The monoisotopic (exact) mass is 281 g/mol. The van der Waals surface area contributed by atoms with Crippen LogP contribution in [0.2, 0.25) is 5.15 Å². The van der Waals surface area contributed by atoms with Crippen molar-refractivity contribution in [3.8, 4) is 0 Å². The Balaban J connectivity index is 2.26. The van der Waals surface area contributed by atoms with Crippen LogP contribution in [0.15, 0.2) is 6.33 Å². The molecule has 2 rings (SSSR count). The van der Waals surface area contributed by atoms with Crippen molar-refractivity contribution in [2.75, 3.05) is 18.0 Å². The molecule has 1 aromatic rings. The summed E-state index contributed by atoms with van der Waals surface area (Å²) in [7, 11) is 0. The molecule has 0 radical (unpaired) electrons. The lowest BCUT2D eigenvalue weighted by molar-refractivity contribution is 0.301. The maximum absolute atomic E-state index is 6.25. The lowest BCUT2D eigenvalue weighted by Crippen LogP contribution is -2.27. The molecule has 19 heavy (non-hydrogen) atoms. The summed E-state index contributed by atoms with van der Waals surface area (Å²) in [5.74, 6) is 1.06. The molecule has 2 heterocycles. The Morgan fingerprint density at radius 2 is 2.00 bits per heavy atom. The van der Waals surface area contributed by atoms with E-state index in [9.17, 15) is 0 Å². The Kier molecular flexibility index (Phi) is 4.67. The van der Waals surface area contributed by atoms with Gasteiger partial charge in [-0.05, 0) is 31.1 Å². The van der Waals surface area contributed by atoms with Crippen LogP contribution in [0.4, 0.5) is 5.82 Å². The minimum Gasteiger partial charge on any atom is -0.356 e. The lowest BCUT2D eigenvalue weighted by atomic mass is 9.82. The van der Waals surface area contributed by atoms with Gasteiger partial charge in [-0.3, -0.25) is 0 Å². The van der Waals surface area contributed by atoms with E-state index in [1.54, 1.807) is 6.33 Å². The quantitative estimate of drug-likeness (QED) is 0.761. The molecule has 0 aromatic carbocycles. The normalized spacial score (nSPS) is 18.0. The molecule has 0 amide bonds. The van der Waals surface area contributed by atoms with Gasteiger partial charge in [0.05, 0.1) is 0 Å². The van der Waals surface area contributed by atoms with Gasteiger partial charge in [-0.2, -0.15) is 0 Å². The number of anilines is 1. The van der Waals surface area contributed by atoms with E-state index < -0.39 is 0 Å². The number of hydrogen-bond acceptors (Lipinski definition) is 3. The van der Waals surface area contributed by atoms with Gasteiger partial charge in [-0.15, -0.1) is 0 Å². The van der Waals surface area contributed by atoms with E-state index in [-0.39, 0.29) is 0 Å². The van der Waals surface area contributed by atoms with Crippen molar-refractivity contribution in [1.29, 1.82) is 0 Å². The van der Waals surface area contributed by atoms with Gasteiger partial charge >= 0.3 is 0 Å². The Hall–Kier alpha value is -0.830. The molecule has 0 atom stereocenters. The topological polar surface area (TPSA) is 29.0 Å². The van der Waals surface area contributed by atoms with Crippen molar-refractivity contribution in [3.05, 3.63) is 17.0 Å². The van der Waals surface area contributed by atoms with Crippen molar-refractivity contribution in [1.82, 2.24) is 9.97 Å². The van der Waals surface area contributed by atoms with Crippen molar-refractivity contribution in [2.45, 2.75) is 52.9 Å². The summed E-state index contributed by atoms with van der Waals surface area (Å²) < 4.78 is 0. The molecular formula is C15H24ClN3. The van der Waals surface area contributed by atoms with Crippen LogP contribution in [0.1, 0.15) is 52.0 Å². The first-order valence-corrected chi connectivity index (χ1v) is 7.78. The Morgan fingerprint density at radius 1 is 1.26 bits per heavy atom. The third kappa shape index (κ3) is 2.86. The van der Waals surface area contributed by atoms with Gasteiger partial charge < -0.3 is 4.90 Å². The second kappa shape index (κ2) is 6.08. The van der Waals surface area contributed by atoms with Gasteiger partial charge in [0.1, 0.15) is 17.3 Å². The Labute approximate surface area is 121 Å². The zero-order valence-electron chi connectivity index (χ0n) is 12.2. The van der Waals surface area contributed by atoms with E-state index in [2.05, 4.69) is 35.6 Å². The SMILES string of the molecule is CCCc1c(Cl)ncnc1N1CCC(CC)(CC)C1. The highest BCUT2D eigenvalue weighted by atomic mass is 35.5. The average Bonchev–Trinajstić information content (AvgIpc) is 2.86. The highest BCUT2D eigenvalue weighted by Crippen LogP contribution is 2.39. The van der Waals surface area contributed by atoms with Crippen molar-refractivity contribution >= 4 is 17.4 Å². The summed E-state index contributed by atoms with van der Waals surface area (Å²) in [6, 6.07) is 0. The fourth-order valence-electron chi connectivity index (χ4n) is 3.06. The number of nitrogens with zero attached hydrogens (tertiary/aromatic N) is 3. The fraction of sp³-hybridized carbons (Fsp3) is 0.733. The minimum atomic E-state index is 0.459. The number of aromatic nitrogens is 2. The van der Waals surface area contributed by atoms with Crippen molar-refractivity contribution in [2.24, 2.45) is 5.41 Å². The number of halogens is 1. The Bertz CT molecular complexity index is 429. The fourth-order valence-corrected chi connectivity index (χ4v) is 3.29. The van der Waals surface area contributed by atoms with Gasteiger partial charge in [-0.25, -0.2) is 9.97 Å². The molecule has 0 saturated carbocycles. The molecule has 1 fully saturated rings. The molecule has 0 N–H and O–H groups in total. The first-order valence-electron chi connectivity index (χ1n) is 7.40. The molecule has 0 bridgehead atoms. The molecular weight excluding hydrogens is 258 g/mol. The van der Waals surface area contributed by atoms with Crippen LogP contribution < -0.4 is 4.90 Å². The second-order valence-corrected chi connectivity index (χ2v) is 5.95. The molecule has 4 heteroatoms. The summed E-state index contributed by atoms with van der Waals surface area (Å²) in [4.78, 5) is 11.0. The zero-order valence-corrected chi connectivity index (χ0v) is 13.0. The number of hydrogen-bond donors (Lipinski definition) is 0. The third-order valence-corrected chi connectivity index (χ3v) is 4.93. The van der Waals surface area contributed by atoms with Gasteiger partial charge in [0.25, 0.3) is 0 Å². The summed E-state index contributed by atoms with van der Waals surface area (Å²) in [5.41, 5.74) is 1.58. The highest BCUT2D eigenvalue weighted by Gasteiger charge is 2.36. The van der Waals surface area contributed by atoms with Crippen LogP contribution in [0, 0.1) is 5.41 Å². The molecule has 3 nitrogen and oxygen atoms in total. The van der Waals surface area contributed by atoms with E-state index in [1.807, 2.05) is 0 Å². The smallest absolute Gasteiger partial charge is 0.137 e. The summed E-state index contributed by atoms with van der Waals surface area (Å²) >= 11 is 6.25. The standard InChI is InChI=1S/C15H24ClN3/c1-4-7-12-13(16)17-11-18-14(12)19-9-8-15(5-2,6-3)10-19/h11H,4-10H2,1-3H3. The first-order chi connectivity index (χ1) is 9.15. The molecule has 1 aliphatic heterocycles. The summed E-state index contributed by atoms with van der Waals surface area (Å²) in [6.45, 7) is 8.95. The van der Waals surface area contributed by atoms with Crippen molar-refractivity contribution in [3.63, 3.8) is 0 Å². The lowest BCUT2D eigenvalue weighted by Gasteiger charge is -2.27. The molecule has 0 aliphatic carbocycles. The average molecular weight is 282 g/mol. The maximum atomic E-state index is 6.25. The molecule has 1 aromatic heterocycles. The Morgan fingerprint density at radius 3 is 2.58 bits per heavy atom. The predicted molar refractivity (Wildman–Crippen MR) is 80.9 cm³/mol. The van der Waals surface area contributed by atoms with Crippen LogP contribution in [-0.2, 0) is 6.42 Å². The van der Waals surface area contributed by atoms with Gasteiger partial charge in [0, 0.05) is 18.7 Å².